The molecule has 0 saturated carbocycles. The summed E-state index contributed by atoms with van der Waals surface area (Å²) in [4.78, 5) is 5.10. The van der Waals surface area contributed by atoms with Gasteiger partial charge in [-0.1, -0.05) is 0 Å². The third kappa shape index (κ3) is 4.13. The van der Waals surface area contributed by atoms with Crippen LogP contribution in [0.25, 0.3) is 0 Å². The van der Waals surface area contributed by atoms with Crippen LogP contribution in [0.3, 0.4) is 0 Å². The molecule has 26 heavy (non-hydrogen) atoms. The molecule has 2 aromatic heterocycles. The monoisotopic (exact) mass is 359 g/mol. The van der Waals surface area contributed by atoms with Gasteiger partial charge in [0.1, 0.15) is 12.4 Å². The summed E-state index contributed by atoms with van der Waals surface area (Å²) in [6.07, 6.45) is 6.18. The molecule has 2 aromatic rings. The van der Waals surface area contributed by atoms with Gasteiger partial charge in [-0.3, -0.25) is 9.58 Å². The second-order valence-corrected chi connectivity index (χ2v) is 7.33. The van der Waals surface area contributed by atoms with Gasteiger partial charge in [0.05, 0.1) is 13.2 Å². The molecule has 2 aliphatic heterocycles. The van der Waals surface area contributed by atoms with Crippen molar-refractivity contribution in [3.05, 3.63) is 30.1 Å². The van der Waals surface area contributed by atoms with Crippen molar-refractivity contribution in [1.82, 2.24) is 34.3 Å². The molecule has 1 unspecified atom stereocenters. The lowest BCUT2D eigenvalue weighted by Gasteiger charge is -2.34. The fourth-order valence-electron chi connectivity index (χ4n) is 3.98. The van der Waals surface area contributed by atoms with Crippen molar-refractivity contribution < 1.29 is 4.74 Å². The van der Waals surface area contributed by atoms with E-state index in [0.717, 1.165) is 57.6 Å². The predicted octanol–water partition coefficient (Wildman–Crippen LogP) is 0.572. The Bertz CT molecular complexity index is 678. The Morgan fingerprint density at radius 2 is 1.96 bits per heavy atom. The van der Waals surface area contributed by atoms with Gasteiger partial charge in [0, 0.05) is 58.1 Å². The first kappa shape index (κ1) is 17.6. The van der Waals surface area contributed by atoms with Crippen LogP contribution in [0.1, 0.15) is 30.4 Å². The average Bonchev–Trinajstić information content (AvgIpc) is 3.32. The van der Waals surface area contributed by atoms with Crippen molar-refractivity contribution in [1.29, 1.82) is 0 Å². The number of rotatable bonds is 6. The quantitative estimate of drug-likeness (QED) is 0.751. The number of likely N-dealkylation sites (tertiary alicyclic amines) is 1. The van der Waals surface area contributed by atoms with Gasteiger partial charge in [0.2, 0.25) is 0 Å². The van der Waals surface area contributed by atoms with E-state index in [2.05, 4.69) is 36.7 Å². The van der Waals surface area contributed by atoms with Crippen LogP contribution in [-0.2, 0) is 18.3 Å². The minimum absolute atomic E-state index is 0.470. The highest BCUT2D eigenvalue weighted by atomic mass is 16.5. The Labute approximate surface area is 154 Å². The molecule has 8 heteroatoms. The maximum absolute atomic E-state index is 5.44. The van der Waals surface area contributed by atoms with Gasteiger partial charge in [-0.25, -0.2) is 0 Å². The van der Waals surface area contributed by atoms with E-state index < -0.39 is 0 Å². The molecule has 2 fully saturated rings. The third-order valence-corrected chi connectivity index (χ3v) is 5.57. The fraction of sp³-hybridized carbons (Fsp3) is 0.722. The predicted molar refractivity (Wildman–Crippen MR) is 98.0 cm³/mol. The van der Waals surface area contributed by atoms with Crippen LogP contribution in [0, 0.1) is 0 Å². The number of hydrogen-bond donors (Lipinski definition) is 0. The normalized spacial score (nSPS) is 22.7. The summed E-state index contributed by atoms with van der Waals surface area (Å²) in [5.74, 6) is 2.55. The van der Waals surface area contributed by atoms with Crippen LogP contribution >= 0.6 is 0 Å². The molecule has 4 heterocycles. The molecular weight excluding hydrogens is 330 g/mol. The number of hydrogen-bond acceptors (Lipinski definition) is 6. The van der Waals surface area contributed by atoms with Gasteiger partial charge in [-0.2, -0.15) is 5.10 Å². The number of ether oxygens (including phenoxy) is 1. The van der Waals surface area contributed by atoms with E-state index in [1.165, 1.54) is 19.4 Å². The lowest BCUT2D eigenvalue weighted by molar-refractivity contribution is 0.0318. The molecule has 0 N–H and O–H groups in total. The van der Waals surface area contributed by atoms with Crippen molar-refractivity contribution in [3.63, 3.8) is 0 Å². The molecule has 2 aliphatic rings. The van der Waals surface area contributed by atoms with Crippen LogP contribution in [-0.4, -0.2) is 86.8 Å². The van der Waals surface area contributed by atoms with Gasteiger partial charge in [-0.05, 0) is 25.5 Å². The fourth-order valence-corrected chi connectivity index (χ4v) is 3.98. The molecule has 142 valence electrons. The number of morpholine rings is 1. The minimum Gasteiger partial charge on any atom is -0.379 e. The van der Waals surface area contributed by atoms with E-state index in [1.54, 1.807) is 6.20 Å². The first-order valence-corrected chi connectivity index (χ1v) is 9.67. The molecule has 0 amide bonds. The summed E-state index contributed by atoms with van der Waals surface area (Å²) in [5.41, 5.74) is 0. The molecule has 8 nitrogen and oxygen atoms in total. The number of nitrogens with zero attached hydrogens (tertiary/aromatic N) is 7. The first-order valence-electron chi connectivity index (χ1n) is 9.67. The average molecular weight is 359 g/mol. The minimum atomic E-state index is 0.470. The Kier molecular flexibility index (Phi) is 5.62. The topological polar surface area (TPSA) is 64.2 Å². The smallest absolute Gasteiger partial charge is 0.154 e. The Balaban J connectivity index is 1.34. The van der Waals surface area contributed by atoms with E-state index in [4.69, 9.17) is 4.74 Å². The molecule has 2 saturated heterocycles. The molecule has 0 radical (unpaired) electrons. The highest BCUT2D eigenvalue weighted by Gasteiger charge is 2.26. The van der Waals surface area contributed by atoms with Crippen molar-refractivity contribution in [2.24, 2.45) is 7.05 Å². The molecule has 0 bridgehead atoms. The van der Waals surface area contributed by atoms with Gasteiger partial charge in [0.15, 0.2) is 5.82 Å². The Morgan fingerprint density at radius 3 is 2.77 bits per heavy atom. The van der Waals surface area contributed by atoms with Gasteiger partial charge in [0.25, 0.3) is 0 Å². The van der Waals surface area contributed by atoms with E-state index >= 15 is 0 Å². The standard InChI is InChI=1S/C18H29N7O/c1-22-17(15-25-7-3-5-19-25)20-21-18(22)16-4-2-6-24(14-16)9-8-23-10-12-26-13-11-23/h3,5,7,16H,2,4,6,8-15H2,1H3. The molecule has 1 atom stereocenters. The SMILES string of the molecule is Cn1c(Cn2cccn2)nnc1C1CCCN(CCN2CCOCC2)C1. The summed E-state index contributed by atoms with van der Waals surface area (Å²) >= 11 is 0. The zero-order valence-corrected chi connectivity index (χ0v) is 15.6. The second-order valence-electron chi connectivity index (χ2n) is 7.33. The van der Waals surface area contributed by atoms with Crippen LogP contribution < -0.4 is 0 Å². The van der Waals surface area contributed by atoms with Crippen molar-refractivity contribution >= 4 is 0 Å². The molecule has 0 aromatic carbocycles. The van der Waals surface area contributed by atoms with E-state index in [9.17, 15) is 0 Å². The summed E-state index contributed by atoms with van der Waals surface area (Å²) in [7, 11) is 2.08. The Hall–Kier alpha value is -1.77. The second kappa shape index (κ2) is 8.28. The summed E-state index contributed by atoms with van der Waals surface area (Å²) in [6, 6.07) is 1.94. The first-order chi connectivity index (χ1) is 12.8. The summed E-state index contributed by atoms with van der Waals surface area (Å²) in [6.45, 7) is 9.10. The van der Waals surface area contributed by atoms with Crippen molar-refractivity contribution in [3.8, 4) is 0 Å². The zero-order chi connectivity index (χ0) is 17.8. The lowest BCUT2D eigenvalue weighted by Crippen LogP contribution is -2.44. The highest BCUT2D eigenvalue weighted by Crippen LogP contribution is 2.25. The van der Waals surface area contributed by atoms with Crippen LogP contribution in [0.15, 0.2) is 18.5 Å². The van der Waals surface area contributed by atoms with Gasteiger partial charge < -0.3 is 14.2 Å². The molecule has 0 aliphatic carbocycles. The maximum atomic E-state index is 5.44. The molecular formula is C18H29N7O. The van der Waals surface area contributed by atoms with E-state index in [-0.39, 0.29) is 0 Å². The highest BCUT2D eigenvalue weighted by molar-refractivity contribution is 5.04. The summed E-state index contributed by atoms with van der Waals surface area (Å²) < 4.78 is 9.50. The van der Waals surface area contributed by atoms with Crippen LogP contribution in [0.2, 0.25) is 0 Å². The number of piperidine rings is 1. The Morgan fingerprint density at radius 1 is 1.12 bits per heavy atom. The largest absolute Gasteiger partial charge is 0.379 e. The van der Waals surface area contributed by atoms with Crippen molar-refractivity contribution in [2.45, 2.75) is 25.3 Å². The summed E-state index contributed by atoms with van der Waals surface area (Å²) in [5, 5.41) is 13.2. The lowest BCUT2D eigenvalue weighted by atomic mass is 9.97. The number of aromatic nitrogens is 5. The molecule has 4 rings (SSSR count). The zero-order valence-electron chi connectivity index (χ0n) is 15.6. The molecule has 0 spiro atoms. The third-order valence-electron chi connectivity index (χ3n) is 5.57. The van der Waals surface area contributed by atoms with Gasteiger partial charge >= 0.3 is 0 Å². The van der Waals surface area contributed by atoms with Crippen LogP contribution in [0.4, 0.5) is 0 Å². The van der Waals surface area contributed by atoms with E-state index in [0.29, 0.717) is 12.5 Å². The van der Waals surface area contributed by atoms with Crippen LogP contribution in [0.5, 0.6) is 0 Å². The van der Waals surface area contributed by atoms with E-state index in [1.807, 2.05) is 16.9 Å². The maximum Gasteiger partial charge on any atom is 0.154 e. The van der Waals surface area contributed by atoms with Gasteiger partial charge in [-0.15, -0.1) is 10.2 Å². The van der Waals surface area contributed by atoms with Crippen molar-refractivity contribution in [2.75, 3.05) is 52.5 Å².